The number of nitrogens with zero attached hydrogens (tertiary/aromatic N) is 3. The summed E-state index contributed by atoms with van der Waals surface area (Å²) in [6, 6.07) is 4.76. The highest BCUT2D eigenvalue weighted by molar-refractivity contribution is 5.56. The molecule has 3 heterocycles. The first-order valence-corrected chi connectivity index (χ1v) is 13.5. The standard InChI is InChI=1S/C28H35F2N5O.C2H6/c1-6-10-20(32-21-11-9-14-35(5)16-21)15-24-22(7-2)19(4)33-34-27(24)31-18(3)23-12-8-13-25-26(23)36-17-28(25,29)30;1-2/h7-13,15,18,21,32H,6,14,16-17H2,1-5H3,(H,31,34);1-2H3/b20-10-,22-7-,24-15+;/t18-,21?;/m1./s1. The number of hydrogen-bond donors (Lipinski definition) is 2. The molecule has 6 nitrogen and oxygen atoms in total. The van der Waals surface area contributed by atoms with Crippen molar-refractivity contribution in [1.29, 1.82) is 0 Å². The smallest absolute Gasteiger partial charge is 0.310 e. The Morgan fingerprint density at radius 1 is 1.26 bits per heavy atom. The number of rotatable bonds is 7. The maximum Gasteiger partial charge on any atom is 0.310 e. The normalized spacial score (nSPS) is 20.3. The largest absolute Gasteiger partial charge is 0.486 e. The van der Waals surface area contributed by atoms with Gasteiger partial charge in [-0.25, -0.2) is 0 Å². The molecule has 1 unspecified atom stereocenters. The first-order valence-electron chi connectivity index (χ1n) is 13.5. The van der Waals surface area contributed by atoms with Crippen molar-refractivity contribution in [2.75, 3.05) is 32.1 Å². The van der Waals surface area contributed by atoms with Crippen LogP contribution in [0.15, 0.2) is 42.1 Å². The summed E-state index contributed by atoms with van der Waals surface area (Å²) in [7, 11) is 2.11. The van der Waals surface area contributed by atoms with Gasteiger partial charge in [-0.2, -0.15) is 13.9 Å². The van der Waals surface area contributed by atoms with E-state index in [4.69, 9.17) is 4.74 Å². The zero-order chi connectivity index (χ0) is 27.9. The van der Waals surface area contributed by atoms with Gasteiger partial charge in [0.25, 0.3) is 0 Å². The lowest BCUT2D eigenvalue weighted by Crippen LogP contribution is -2.41. The van der Waals surface area contributed by atoms with Crippen LogP contribution < -0.4 is 25.8 Å². The molecule has 4 rings (SSSR count). The van der Waals surface area contributed by atoms with E-state index in [0.717, 1.165) is 41.3 Å². The average molecular weight is 526 g/mol. The monoisotopic (exact) mass is 525 g/mol. The molecule has 0 spiro atoms. The molecular weight excluding hydrogens is 484 g/mol. The van der Waals surface area contributed by atoms with Gasteiger partial charge in [-0.15, -0.1) is 5.10 Å². The highest BCUT2D eigenvalue weighted by atomic mass is 19.3. The van der Waals surface area contributed by atoms with Crippen molar-refractivity contribution in [2.24, 2.45) is 0 Å². The molecule has 0 saturated carbocycles. The molecular formula is C30H41F2N5O. The molecule has 8 heteroatoms. The summed E-state index contributed by atoms with van der Waals surface area (Å²) in [6.45, 7) is 13.2. The number of para-hydroxylation sites is 1. The predicted octanol–water partition coefficient (Wildman–Crippen LogP) is 4.80. The first-order chi connectivity index (χ1) is 18.2. The minimum Gasteiger partial charge on any atom is -0.486 e. The summed E-state index contributed by atoms with van der Waals surface area (Å²) in [4.78, 5) is 2.27. The molecule has 0 fully saturated rings. The average Bonchev–Trinajstić information content (AvgIpc) is 3.21. The van der Waals surface area contributed by atoms with Crippen LogP contribution in [0.2, 0.25) is 0 Å². The number of ether oxygens (including phenoxy) is 1. The quantitative estimate of drug-likeness (QED) is 0.507. The number of allylic oxidation sites excluding steroid dienone is 2. The van der Waals surface area contributed by atoms with Gasteiger partial charge in [0.2, 0.25) is 0 Å². The number of aryl methyl sites for hydroxylation is 1. The molecule has 1 aromatic carbocycles. The van der Waals surface area contributed by atoms with Gasteiger partial charge in [0, 0.05) is 34.8 Å². The van der Waals surface area contributed by atoms with Gasteiger partial charge in [-0.1, -0.05) is 57.2 Å². The summed E-state index contributed by atoms with van der Waals surface area (Å²) in [6.07, 6.45) is 11.5. The van der Waals surface area contributed by atoms with E-state index in [9.17, 15) is 8.78 Å². The summed E-state index contributed by atoms with van der Waals surface area (Å²) in [5, 5.41) is 17.8. The van der Waals surface area contributed by atoms with Crippen molar-refractivity contribution >= 4 is 18.0 Å². The van der Waals surface area contributed by atoms with E-state index in [1.807, 2.05) is 46.8 Å². The third-order valence-corrected chi connectivity index (χ3v) is 6.55. The molecule has 0 aliphatic carbocycles. The number of halogens is 2. The van der Waals surface area contributed by atoms with Crippen molar-refractivity contribution in [3.63, 3.8) is 0 Å². The number of alkyl halides is 2. The number of nitrogens with one attached hydrogen (secondary N) is 2. The fourth-order valence-electron chi connectivity index (χ4n) is 4.76. The number of anilines is 1. The molecule has 2 aliphatic heterocycles. The first kappa shape index (κ1) is 29.3. The Labute approximate surface area is 225 Å². The summed E-state index contributed by atoms with van der Waals surface area (Å²) >= 11 is 0. The van der Waals surface area contributed by atoms with E-state index in [-0.39, 0.29) is 23.4 Å². The van der Waals surface area contributed by atoms with Gasteiger partial charge in [0.1, 0.15) is 5.75 Å². The van der Waals surface area contributed by atoms with Crippen LogP contribution in [-0.4, -0.2) is 47.9 Å². The van der Waals surface area contributed by atoms with Gasteiger partial charge in [0.15, 0.2) is 12.4 Å². The van der Waals surface area contributed by atoms with Gasteiger partial charge < -0.3 is 20.3 Å². The second kappa shape index (κ2) is 13.0. The minimum absolute atomic E-state index is 0.0686. The molecule has 0 amide bonds. The Kier molecular flexibility index (Phi) is 10.0. The number of hydrogen-bond acceptors (Lipinski definition) is 6. The third kappa shape index (κ3) is 6.59. The molecule has 2 N–H and O–H groups in total. The van der Waals surface area contributed by atoms with Crippen LogP contribution in [0.5, 0.6) is 5.75 Å². The Hall–Kier alpha value is -3.26. The van der Waals surface area contributed by atoms with Gasteiger partial charge in [-0.05, 0) is 46.4 Å². The van der Waals surface area contributed by atoms with Gasteiger partial charge in [0.05, 0.1) is 23.3 Å². The minimum atomic E-state index is -2.98. The van der Waals surface area contributed by atoms with Crippen molar-refractivity contribution < 1.29 is 13.5 Å². The zero-order valence-corrected chi connectivity index (χ0v) is 23.6. The fraction of sp³-hybridized carbons (Fsp3) is 0.467. The molecule has 2 aromatic rings. The van der Waals surface area contributed by atoms with Crippen LogP contribution in [0, 0.1) is 6.92 Å². The van der Waals surface area contributed by atoms with E-state index in [0.29, 0.717) is 11.4 Å². The van der Waals surface area contributed by atoms with Gasteiger partial charge >= 0.3 is 5.92 Å². The predicted molar refractivity (Wildman–Crippen MR) is 152 cm³/mol. The lowest BCUT2D eigenvalue weighted by molar-refractivity contribution is -0.0214. The van der Waals surface area contributed by atoms with Crippen LogP contribution in [0.3, 0.4) is 0 Å². The SMILES string of the molecule is C/C=c1/c(C)nnc(N[C@H](C)c2cccc3c2OCC3(F)F)/c1=C/C(=C/CC)NC1C=CCN(C)C1.CC. The van der Waals surface area contributed by atoms with Crippen LogP contribution in [-0.2, 0) is 5.92 Å². The third-order valence-electron chi connectivity index (χ3n) is 6.55. The second-order valence-corrected chi connectivity index (χ2v) is 9.45. The van der Waals surface area contributed by atoms with E-state index >= 15 is 0 Å². The summed E-state index contributed by atoms with van der Waals surface area (Å²) in [5.41, 5.74) is 2.41. The molecule has 2 atom stereocenters. The molecule has 0 saturated heterocycles. The number of fused-ring (bicyclic) bond motifs is 1. The van der Waals surface area contributed by atoms with Gasteiger partial charge in [-0.3, -0.25) is 0 Å². The Morgan fingerprint density at radius 3 is 2.71 bits per heavy atom. The maximum absolute atomic E-state index is 14.2. The molecule has 0 radical (unpaired) electrons. The Morgan fingerprint density at radius 2 is 2.03 bits per heavy atom. The van der Waals surface area contributed by atoms with Crippen molar-refractivity contribution in [1.82, 2.24) is 20.4 Å². The van der Waals surface area contributed by atoms with Crippen LogP contribution in [0.4, 0.5) is 14.6 Å². The van der Waals surface area contributed by atoms with Crippen molar-refractivity contribution in [3.8, 4) is 5.75 Å². The topological polar surface area (TPSA) is 62.3 Å². The van der Waals surface area contributed by atoms with Crippen molar-refractivity contribution in [2.45, 2.75) is 66.0 Å². The van der Waals surface area contributed by atoms with E-state index in [1.54, 1.807) is 6.07 Å². The maximum atomic E-state index is 14.2. The molecule has 206 valence electrons. The van der Waals surface area contributed by atoms with E-state index < -0.39 is 12.5 Å². The Bertz CT molecular complexity index is 1290. The number of benzene rings is 1. The lowest BCUT2D eigenvalue weighted by Gasteiger charge is -2.27. The highest BCUT2D eigenvalue weighted by Gasteiger charge is 2.42. The Balaban J connectivity index is 0.00000195. The molecule has 2 aliphatic rings. The zero-order valence-electron chi connectivity index (χ0n) is 23.6. The van der Waals surface area contributed by atoms with E-state index in [2.05, 4.69) is 64.0 Å². The fourth-order valence-corrected chi connectivity index (χ4v) is 4.76. The van der Waals surface area contributed by atoms with Crippen molar-refractivity contribution in [3.05, 3.63) is 69.4 Å². The summed E-state index contributed by atoms with van der Waals surface area (Å²) in [5.74, 6) is -2.15. The van der Waals surface area contributed by atoms with Crippen LogP contribution >= 0.6 is 0 Å². The van der Waals surface area contributed by atoms with Crippen LogP contribution in [0.25, 0.3) is 12.2 Å². The van der Waals surface area contributed by atoms with E-state index in [1.165, 1.54) is 6.07 Å². The second-order valence-electron chi connectivity index (χ2n) is 9.45. The number of aromatic nitrogens is 2. The summed E-state index contributed by atoms with van der Waals surface area (Å²) < 4.78 is 33.9. The van der Waals surface area contributed by atoms with Crippen LogP contribution in [0.1, 0.15) is 63.9 Å². The molecule has 38 heavy (non-hydrogen) atoms. The highest BCUT2D eigenvalue weighted by Crippen LogP contribution is 2.44. The molecule has 1 aromatic heterocycles. The lowest BCUT2D eigenvalue weighted by atomic mass is 10.0. The number of likely N-dealkylation sites (N-methyl/N-ethyl adjacent to an activating group) is 1. The molecule has 0 bridgehead atoms.